The molecule has 0 aromatic carbocycles. The van der Waals surface area contributed by atoms with Gasteiger partial charge < -0.3 is 20.4 Å². The summed E-state index contributed by atoms with van der Waals surface area (Å²) in [6.45, 7) is 6.63. The van der Waals surface area contributed by atoms with Crippen molar-refractivity contribution in [3.05, 3.63) is 0 Å². The predicted octanol–water partition coefficient (Wildman–Crippen LogP) is 0.991. The molecule has 0 bridgehead atoms. The lowest BCUT2D eigenvalue weighted by molar-refractivity contribution is -0.119. The van der Waals surface area contributed by atoms with Gasteiger partial charge in [0.15, 0.2) is 5.96 Å². The van der Waals surface area contributed by atoms with E-state index in [0.29, 0.717) is 6.42 Å². The van der Waals surface area contributed by atoms with E-state index < -0.39 is 0 Å². The lowest BCUT2D eigenvalue weighted by Gasteiger charge is -2.41. The molecule has 6 nitrogen and oxygen atoms in total. The van der Waals surface area contributed by atoms with Gasteiger partial charge in [-0.25, -0.2) is 0 Å². The van der Waals surface area contributed by atoms with Crippen molar-refractivity contribution in [3.63, 3.8) is 0 Å². The largest absolute Gasteiger partial charge is 0.357 e. The normalized spacial score (nSPS) is 33.4. The minimum atomic E-state index is 0.105. The Labute approximate surface area is 156 Å². The Bertz CT molecular complexity index is 518. The number of carbonyl (C=O) groups excluding carboxylic acids is 1. The Balaban J connectivity index is 1.72. The summed E-state index contributed by atoms with van der Waals surface area (Å²) in [7, 11) is 4.36. The maximum Gasteiger partial charge on any atom is 0.220 e. The van der Waals surface area contributed by atoms with Crippen LogP contribution in [0.4, 0.5) is 0 Å². The summed E-state index contributed by atoms with van der Waals surface area (Å²) in [4.78, 5) is 21.6. The SMILES string of the molecule is CCNC(=NCC1(N(C)C)CCSC1)N1CCCC2(CNC(=O)C2)C1. The van der Waals surface area contributed by atoms with Gasteiger partial charge in [0.05, 0.1) is 6.54 Å². The Hall–Kier alpha value is -0.950. The summed E-state index contributed by atoms with van der Waals surface area (Å²) in [5.74, 6) is 3.62. The average Bonchev–Trinajstić information content (AvgIpc) is 3.20. The zero-order valence-electron chi connectivity index (χ0n) is 15.9. The Morgan fingerprint density at radius 2 is 2.28 bits per heavy atom. The van der Waals surface area contributed by atoms with Crippen molar-refractivity contribution < 1.29 is 4.79 Å². The average molecular weight is 368 g/mol. The molecule has 0 saturated carbocycles. The third kappa shape index (κ3) is 4.08. The van der Waals surface area contributed by atoms with E-state index in [0.717, 1.165) is 57.3 Å². The van der Waals surface area contributed by atoms with Crippen LogP contribution in [-0.4, -0.2) is 85.5 Å². The minimum absolute atomic E-state index is 0.105. The number of likely N-dealkylation sites (tertiary alicyclic amines) is 1. The molecular formula is C18H33N5OS. The van der Waals surface area contributed by atoms with E-state index in [9.17, 15) is 4.79 Å². The molecule has 142 valence electrons. The lowest BCUT2D eigenvalue weighted by atomic mass is 9.79. The van der Waals surface area contributed by atoms with Gasteiger partial charge in [0.25, 0.3) is 0 Å². The van der Waals surface area contributed by atoms with Crippen molar-refractivity contribution in [2.24, 2.45) is 10.4 Å². The van der Waals surface area contributed by atoms with Crippen LogP contribution < -0.4 is 10.6 Å². The Kier molecular flexibility index (Phi) is 5.83. The minimum Gasteiger partial charge on any atom is -0.357 e. The second-order valence-corrected chi connectivity index (χ2v) is 9.18. The summed E-state index contributed by atoms with van der Waals surface area (Å²) in [5.41, 5.74) is 0.289. The van der Waals surface area contributed by atoms with Crippen molar-refractivity contribution in [1.29, 1.82) is 0 Å². The first-order valence-corrected chi connectivity index (χ1v) is 10.7. The van der Waals surface area contributed by atoms with E-state index in [1.165, 1.54) is 12.2 Å². The molecule has 7 heteroatoms. The van der Waals surface area contributed by atoms with E-state index in [-0.39, 0.29) is 16.9 Å². The van der Waals surface area contributed by atoms with Gasteiger partial charge >= 0.3 is 0 Å². The molecule has 3 aliphatic heterocycles. The molecule has 0 aliphatic carbocycles. The number of thioether (sulfide) groups is 1. The fourth-order valence-corrected chi connectivity index (χ4v) is 5.83. The van der Waals surface area contributed by atoms with Crippen molar-refractivity contribution >= 4 is 23.6 Å². The highest BCUT2D eigenvalue weighted by atomic mass is 32.2. The zero-order valence-corrected chi connectivity index (χ0v) is 16.8. The van der Waals surface area contributed by atoms with Crippen molar-refractivity contribution in [1.82, 2.24) is 20.4 Å². The molecular weight excluding hydrogens is 334 g/mol. The first kappa shape index (κ1) is 18.8. The van der Waals surface area contributed by atoms with Crippen molar-refractivity contribution in [3.8, 4) is 0 Å². The molecule has 0 radical (unpaired) electrons. The molecule has 25 heavy (non-hydrogen) atoms. The number of piperidine rings is 1. The third-order valence-electron chi connectivity index (χ3n) is 6.05. The van der Waals surface area contributed by atoms with E-state index in [2.05, 4.69) is 41.5 Å². The molecule has 2 N–H and O–H groups in total. The van der Waals surface area contributed by atoms with Crippen LogP contribution in [0.2, 0.25) is 0 Å². The number of hydrogen-bond acceptors (Lipinski definition) is 4. The summed E-state index contributed by atoms with van der Waals surface area (Å²) in [6, 6.07) is 0. The van der Waals surface area contributed by atoms with Crippen molar-refractivity contribution in [2.75, 3.05) is 58.3 Å². The van der Waals surface area contributed by atoms with Gasteiger partial charge in [0.2, 0.25) is 5.91 Å². The number of rotatable bonds is 4. The van der Waals surface area contributed by atoms with Gasteiger partial charge in [0, 0.05) is 49.3 Å². The topological polar surface area (TPSA) is 60.0 Å². The molecule has 1 amide bonds. The Morgan fingerprint density at radius 1 is 1.44 bits per heavy atom. The zero-order chi connectivity index (χ0) is 17.9. The smallest absolute Gasteiger partial charge is 0.220 e. The van der Waals surface area contributed by atoms with E-state index in [1.54, 1.807) is 0 Å². The van der Waals surface area contributed by atoms with Crippen LogP contribution >= 0.6 is 11.8 Å². The molecule has 3 heterocycles. The van der Waals surface area contributed by atoms with Crippen LogP contribution in [0, 0.1) is 5.41 Å². The number of carbonyl (C=O) groups is 1. The maximum atomic E-state index is 11.8. The van der Waals surface area contributed by atoms with E-state index >= 15 is 0 Å². The number of nitrogens with zero attached hydrogens (tertiary/aromatic N) is 3. The molecule has 3 fully saturated rings. The number of amides is 1. The van der Waals surface area contributed by atoms with Crippen LogP contribution in [0.15, 0.2) is 4.99 Å². The maximum absolute atomic E-state index is 11.8. The van der Waals surface area contributed by atoms with Crippen LogP contribution in [0.5, 0.6) is 0 Å². The van der Waals surface area contributed by atoms with Crippen molar-refractivity contribution in [2.45, 2.75) is 38.1 Å². The molecule has 3 aliphatic rings. The monoisotopic (exact) mass is 367 g/mol. The number of aliphatic imine (C=N–C) groups is 1. The van der Waals surface area contributed by atoms with E-state index in [4.69, 9.17) is 4.99 Å². The predicted molar refractivity (Wildman–Crippen MR) is 105 cm³/mol. The second kappa shape index (κ2) is 7.74. The Morgan fingerprint density at radius 3 is 2.88 bits per heavy atom. The fraction of sp³-hybridized carbons (Fsp3) is 0.889. The first-order chi connectivity index (χ1) is 12.0. The number of guanidine groups is 1. The molecule has 2 atom stereocenters. The number of hydrogen-bond donors (Lipinski definition) is 2. The van der Waals surface area contributed by atoms with Gasteiger partial charge in [-0.05, 0) is 46.0 Å². The second-order valence-electron chi connectivity index (χ2n) is 8.07. The third-order valence-corrected chi connectivity index (χ3v) is 7.28. The lowest BCUT2D eigenvalue weighted by Crippen LogP contribution is -2.52. The fourth-order valence-electron chi connectivity index (χ4n) is 4.29. The van der Waals surface area contributed by atoms with Gasteiger partial charge in [-0.1, -0.05) is 0 Å². The highest BCUT2D eigenvalue weighted by Gasteiger charge is 2.43. The summed E-state index contributed by atoms with van der Waals surface area (Å²) < 4.78 is 0. The quantitative estimate of drug-likeness (QED) is 0.573. The highest BCUT2D eigenvalue weighted by Crippen LogP contribution is 2.36. The van der Waals surface area contributed by atoms with Gasteiger partial charge in [0.1, 0.15) is 0 Å². The highest BCUT2D eigenvalue weighted by molar-refractivity contribution is 7.99. The molecule has 3 saturated heterocycles. The molecule has 1 spiro atoms. The molecule has 0 aromatic rings. The van der Waals surface area contributed by atoms with Crippen LogP contribution in [0.25, 0.3) is 0 Å². The first-order valence-electron chi connectivity index (χ1n) is 9.54. The molecule has 3 rings (SSSR count). The van der Waals surface area contributed by atoms with Crippen LogP contribution in [-0.2, 0) is 4.79 Å². The van der Waals surface area contributed by atoms with E-state index in [1.807, 2.05) is 11.8 Å². The molecule has 2 unspecified atom stereocenters. The summed E-state index contributed by atoms with van der Waals surface area (Å²) >= 11 is 2.03. The van der Waals surface area contributed by atoms with Gasteiger partial charge in [-0.15, -0.1) is 0 Å². The van der Waals surface area contributed by atoms with Crippen LogP contribution in [0.1, 0.15) is 32.6 Å². The standard InChI is InChI=1S/C18H33N5OS/c1-4-19-16(21-12-18(22(2)3)7-9-25-14-18)23-8-5-6-17(13-23)10-15(24)20-11-17/h4-14H2,1-3H3,(H,19,21)(H,20,24). The summed E-state index contributed by atoms with van der Waals surface area (Å²) in [6.07, 6.45) is 4.14. The number of nitrogens with one attached hydrogen (secondary N) is 2. The van der Waals surface area contributed by atoms with Crippen LogP contribution in [0.3, 0.4) is 0 Å². The number of likely N-dealkylation sites (N-methyl/N-ethyl adjacent to an activating group) is 1. The molecule has 0 aromatic heterocycles. The van der Waals surface area contributed by atoms with Gasteiger partial charge in [-0.2, -0.15) is 11.8 Å². The van der Waals surface area contributed by atoms with Gasteiger partial charge in [-0.3, -0.25) is 9.79 Å². The summed E-state index contributed by atoms with van der Waals surface area (Å²) in [5, 5.41) is 6.53.